The summed E-state index contributed by atoms with van der Waals surface area (Å²) in [5.74, 6) is 1.12. The van der Waals surface area contributed by atoms with Crippen molar-refractivity contribution in [1.82, 2.24) is 30.1 Å². The van der Waals surface area contributed by atoms with Crippen LogP contribution in [0, 0.1) is 0 Å². The zero-order valence-electron chi connectivity index (χ0n) is 12.1. The molecule has 0 unspecified atom stereocenters. The number of rotatable bonds is 5. The minimum Gasteiger partial charge on any atom is -0.358 e. The van der Waals surface area contributed by atoms with Gasteiger partial charge in [-0.2, -0.15) is 15.4 Å². The Kier molecular flexibility index (Phi) is 3.58. The predicted octanol–water partition coefficient (Wildman–Crippen LogP) is 0.475. The van der Waals surface area contributed by atoms with Gasteiger partial charge in [0.1, 0.15) is 6.67 Å². The fourth-order valence-electron chi connectivity index (χ4n) is 2.63. The van der Waals surface area contributed by atoms with Crippen molar-refractivity contribution in [2.75, 3.05) is 34.0 Å². The third-order valence-corrected chi connectivity index (χ3v) is 3.73. The summed E-state index contributed by atoms with van der Waals surface area (Å²) in [6.07, 6.45) is 7.31. The molecule has 0 atom stereocenters. The highest BCUT2D eigenvalue weighted by Crippen LogP contribution is 2.20. The predicted molar refractivity (Wildman–Crippen MR) is 76.8 cm³/mol. The first-order valence-electron chi connectivity index (χ1n) is 7.01. The van der Waals surface area contributed by atoms with Crippen LogP contribution in [-0.2, 0) is 6.42 Å². The summed E-state index contributed by atoms with van der Waals surface area (Å²) < 4.78 is 0. The number of amidine groups is 1. The van der Waals surface area contributed by atoms with Crippen molar-refractivity contribution < 1.29 is 0 Å². The highest BCUT2D eigenvalue weighted by molar-refractivity contribution is 5.99. The number of nitrogens with one attached hydrogen (secondary N) is 1. The zero-order valence-corrected chi connectivity index (χ0v) is 12.1. The number of hydrogen-bond donors (Lipinski definition) is 1. The molecule has 7 nitrogen and oxygen atoms in total. The number of unbranched alkanes of at least 4 members (excludes halogenated alkanes) is 1. The first kappa shape index (κ1) is 13.0. The second kappa shape index (κ2) is 5.52. The van der Waals surface area contributed by atoms with Gasteiger partial charge in [0.05, 0.1) is 24.3 Å². The third kappa shape index (κ3) is 2.61. The van der Waals surface area contributed by atoms with Crippen molar-refractivity contribution in [2.45, 2.75) is 19.3 Å². The minimum absolute atomic E-state index is 0.769. The Morgan fingerprint density at radius 1 is 1.25 bits per heavy atom. The Bertz CT molecular complexity index is 505. The Labute approximate surface area is 119 Å². The molecular weight excluding hydrogens is 254 g/mol. The van der Waals surface area contributed by atoms with Gasteiger partial charge in [0.25, 0.3) is 0 Å². The van der Waals surface area contributed by atoms with E-state index in [0.717, 1.165) is 50.7 Å². The summed E-state index contributed by atoms with van der Waals surface area (Å²) in [5, 5.41) is 10.5. The quantitative estimate of drug-likeness (QED) is 0.792. The molecule has 0 radical (unpaired) electrons. The van der Waals surface area contributed by atoms with Crippen molar-refractivity contribution in [3.63, 3.8) is 0 Å². The molecule has 108 valence electrons. The molecule has 0 amide bonds. The molecular formula is C13H21N7. The van der Waals surface area contributed by atoms with Gasteiger partial charge >= 0.3 is 0 Å². The maximum Gasteiger partial charge on any atom is 0.152 e. The lowest BCUT2D eigenvalue weighted by Gasteiger charge is -2.34. The normalized spacial score (nSPS) is 18.2. The molecule has 7 heteroatoms. The number of aromatic amines is 1. The molecule has 0 bridgehead atoms. The largest absolute Gasteiger partial charge is 0.358 e. The Morgan fingerprint density at radius 3 is 2.95 bits per heavy atom. The maximum atomic E-state index is 4.54. The second-order valence-corrected chi connectivity index (χ2v) is 5.41. The number of hydrogen-bond acceptors (Lipinski definition) is 6. The number of likely N-dealkylation sites (N-methyl/N-ethyl adjacent to an activating group) is 2. The number of aryl methyl sites for hydroxylation is 1. The van der Waals surface area contributed by atoms with Crippen LogP contribution in [0.3, 0.4) is 0 Å². The lowest BCUT2D eigenvalue weighted by molar-refractivity contribution is 0.250. The average molecular weight is 275 g/mol. The molecule has 20 heavy (non-hydrogen) atoms. The summed E-state index contributed by atoms with van der Waals surface area (Å²) in [7, 11) is 4.19. The van der Waals surface area contributed by atoms with E-state index in [9.17, 15) is 0 Å². The summed E-state index contributed by atoms with van der Waals surface area (Å²) in [6.45, 7) is 2.75. The summed E-state index contributed by atoms with van der Waals surface area (Å²) in [4.78, 5) is 11.3. The molecule has 0 saturated heterocycles. The molecule has 0 aromatic carbocycles. The van der Waals surface area contributed by atoms with Crippen LogP contribution in [0.15, 0.2) is 23.1 Å². The van der Waals surface area contributed by atoms with Crippen LogP contribution in [0.2, 0.25) is 0 Å². The zero-order chi connectivity index (χ0) is 13.9. The van der Waals surface area contributed by atoms with E-state index in [0.29, 0.717) is 0 Å². The molecule has 1 aromatic heterocycles. The number of aromatic nitrogens is 3. The Hall–Kier alpha value is -2.05. The number of H-pyrrole nitrogens is 1. The summed E-state index contributed by atoms with van der Waals surface area (Å²) in [5.41, 5.74) is 2.28. The first-order chi connectivity index (χ1) is 9.74. The fourth-order valence-corrected chi connectivity index (χ4v) is 2.63. The number of nitrogens with zero attached hydrogens (tertiary/aromatic N) is 6. The summed E-state index contributed by atoms with van der Waals surface area (Å²) in [6, 6.07) is 0. The van der Waals surface area contributed by atoms with Crippen molar-refractivity contribution in [2.24, 2.45) is 4.99 Å². The molecule has 0 fully saturated rings. The lowest BCUT2D eigenvalue weighted by Crippen LogP contribution is -2.43. The highest BCUT2D eigenvalue weighted by atomic mass is 15.4. The van der Waals surface area contributed by atoms with Crippen LogP contribution in [0.1, 0.15) is 18.5 Å². The average Bonchev–Trinajstić information content (AvgIpc) is 3.06. The van der Waals surface area contributed by atoms with Gasteiger partial charge in [0.2, 0.25) is 0 Å². The fraction of sp³-hybridized carbons (Fsp3) is 0.615. The number of fused-ring (bicyclic) bond motifs is 1. The molecule has 0 aliphatic carbocycles. The molecule has 2 aliphatic heterocycles. The molecule has 1 N–H and O–H groups in total. The van der Waals surface area contributed by atoms with Gasteiger partial charge in [-0.3, -0.25) is 0 Å². The molecule has 3 heterocycles. The van der Waals surface area contributed by atoms with E-state index >= 15 is 0 Å². The molecule has 3 rings (SSSR count). The van der Waals surface area contributed by atoms with Gasteiger partial charge < -0.3 is 14.7 Å². The van der Waals surface area contributed by atoms with E-state index in [2.05, 4.69) is 55.4 Å². The smallest absolute Gasteiger partial charge is 0.152 e. The van der Waals surface area contributed by atoms with Gasteiger partial charge in [-0.15, -0.1) is 0 Å². The Balaban J connectivity index is 1.50. The van der Waals surface area contributed by atoms with Crippen LogP contribution in [0.25, 0.3) is 0 Å². The van der Waals surface area contributed by atoms with Crippen molar-refractivity contribution in [3.05, 3.63) is 23.8 Å². The molecule has 2 aliphatic rings. The summed E-state index contributed by atoms with van der Waals surface area (Å²) >= 11 is 0. The van der Waals surface area contributed by atoms with Crippen molar-refractivity contribution in [1.29, 1.82) is 0 Å². The standard InChI is InChI=1S/C13H21N7/c1-18-9-14-13-12(18)8-20(10-19(13)2)6-4-3-5-11-7-15-17-16-11/h7-8H,3-6,9-10H2,1-2H3,(H,15,16,17). The van der Waals surface area contributed by atoms with Crippen LogP contribution >= 0.6 is 0 Å². The van der Waals surface area contributed by atoms with E-state index in [1.165, 1.54) is 5.70 Å². The molecule has 0 spiro atoms. The van der Waals surface area contributed by atoms with E-state index in [-0.39, 0.29) is 0 Å². The third-order valence-electron chi connectivity index (χ3n) is 3.73. The highest BCUT2D eigenvalue weighted by Gasteiger charge is 2.27. The van der Waals surface area contributed by atoms with Gasteiger partial charge in [0, 0.05) is 26.8 Å². The van der Waals surface area contributed by atoms with Crippen LogP contribution in [0.5, 0.6) is 0 Å². The van der Waals surface area contributed by atoms with Crippen LogP contribution in [-0.4, -0.2) is 69.9 Å². The van der Waals surface area contributed by atoms with Gasteiger partial charge in [-0.25, -0.2) is 4.99 Å². The van der Waals surface area contributed by atoms with E-state index < -0.39 is 0 Å². The van der Waals surface area contributed by atoms with Gasteiger partial charge in [0.15, 0.2) is 5.84 Å². The monoisotopic (exact) mass is 275 g/mol. The van der Waals surface area contributed by atoms with Gasteiger partial charge in [-0.1, -0.05) is 0 Å². The number of aliphatic imine (C=N–C) groups is 1. The van der Waals surface area contributed by atoms with Crippen molar-refractivity contribution in [3.8, 4) is 0 Å². The van der Waals surface area contributed by atoms with Crippen LogP contribution < -0.4 is 0 Å². The van der Waals surface area contributed by atoms with E-state index in [4.69, 9.17) is 0 Å². The topological polar surface area (TPSA) is 63.6 Å². The minimum atomic E-state index is 0.769. The molecule has 0 saturated carbocycles. The Morgan fingerprint density at radius 2 is 2.15 bits per heavy atom. The maximum absolute atomic E-state index is 4.54. The van der Waals surface area contributed by atoms with E-state index in [1.54, 1.807) is 6.20 Å². The first-order valence-corrected chi connectivity index (χ1v) is 7.01. The second-order valence-electron chi connectivity index (χ2n) is 5.41. The lowest BCUT2D eigenvalue weighted by atomic mass is 10.2. The SMILES string of the molecule is CN1CN=C2C1=CN(CCCCc1cn[nH]n1)CN2C. The van der Waals surface area contributed by atoms with Crippen LogP contribution in [0.4, 0.5) is 0 Å². The molecule has 1 aromatic rings. The van der Waals surface area contributed by atoms with E-state index in [1.807, 2.05) is 0 Å². The van der Waals surface area contributed by atoms with Crippen molar-refractivity contribution >= 4 is 5.84 Å². The van der Waals surface area contributed by atoms with Gasteiger partial charge in [-0.05, 0) is 19.3 Å².